The van der Waals surface area contributed by atoms with E-state index in [1.165, 1.54) is 0 Å². The monoisotopic (exact) mass is 314 g/mol. The molecule has 0 aliphatic heterocycles. The number of ether oxygens (including phenoxy) is 2. The lowest BCUT2D eigenvalue weighted by Gasteiger charge is -2.36. The normalized spacial score (nSPS) is 14.9. The molecule has 0 spiro atoms. The third kappa shape index (κ3) is 4.93. The molecule has 5 heteroatoms. The molecule has 4 nitrogen and oxygen atoms in total. The molecule has 21 heavy (non-hydrogen) atoms. The van der Waals surface area contributed by atoms with Crippen LogP contribution in [0.2, 0.25) is 0 Å². The first-order chi connectivity index (χ1) is 10.0. The highest BCUT2D eigenvalue weighted by Gasteiger charge is 2.47. The predicted octanol–water partition coefficient (Wildman–Crippen LogP) is 4.29. The molecule has 120 valence electrons. The number of benzene rings is 1. The Labute approximate surface area is 128 Å². The smallest absolute Gasteiger partial charge is 0.260 e. The van der Waals surface area contributed by atoms with Gasteiger partial charge in [0.1, 0.15) is 0 Å². The van der Waals surface area contributed by atoms with Crippen molar-refractivity contribution >= 4 is 7.37 Å². The van der Waals surface area contributed by atoms with Gasteiger partial charge in [-0.1, -0.05) is 30.3 Å². The Kier molecular flexibility index (Phi) is 7.61. The highest BCUT2D eigenvalue weighted by atomic mass is 31.2. The van der Waals surface area contributed by atoms with Gasteiger partial charge < -0.3 is 14.0 Å². The molecule has 1 unspecified atom stereocenters. The lowest BCUT2D eigenvalue weighted by molar-refractivity contribution is -0.167. The molecule has 0 amide bonds. The first-order valence-corrected chi connectivity index (χ1v) is 9.37. The van der Waals surface area contributed by atoms with Crippen LogP contribution in [-0.2, 0) is 25.0 Å². The van der Waals surface area contributed by atoms with E-state index in [0.29, 0.717) is 32.4 Å². The molecule has 0 saturated heterocycles. The molecule has 0 N–H and O–H groups in total. The summed E-state index contributed by atoms with van der Waals surface area (Å²) >= 11 is 0. The van der Waals surface area contributed by atoms with E-state index >= 15 is 0 Å². The molecule has 0 heterocycles. The molecule has 1 aromatic carbocycles. The van der Waals surface area contributed by atoms with E-state index in [1.807, 2.05) is 51.1 Å². The van der Waals surface area contributed by atoms with Crippen molar-refractivity contribution in [3.63, 3.8) is 0 Å². The number of hydrogen-bond acceptors (Lipinski definition) is 4. The molecule has 0 radical (unpaired) electrons. The molecular formula is C16H27O4P. The summed E-state index contributed by atoms with van der Waals surface area (Å²) in [6.07, 6.45) is 1.08. The minimum atomic E-state index is -3.08. The highest BCUT2D eigenvalue weighted by Crippen LogP contribution is 2.60. The van der Waals surface area contributed by atoms with Crippen molar-refractivity contribution in [2.24, 2.45) is 0 Å². The van der Waals surface area contributed by atoms with Gasteiger partial charge in [-0.3, -0.25) is 4.57 Å². The molecule has 0 aromatic heterocycles. The fraction of sp³-hybridized carbons (Fsp3) is 0.625. The van der Waals surface area contributed by atoms with Gasteiger partial charge in [0.2, 0.25) is 5.53 Å². The van der Waals surface area contributed by atoms with Gasteiger partial charge in [0.15, 0.2) is 0 Å². The van der Waals surface area contributed by atoms with Crippen molar-refractivity contribution in [2.45, 2.75) is 39.6 Å². The lowest BCUT2D eigenvalue weighted by atomic mass is 10.2. The lowest BCUT2D eigenvalue weighted by Crippen LogP contribution is -2.35. The van der Waals surface area contributed by atoms with Crippen molar-refractivity contribution in [3.05, 3.63) is 35.9 Å². The Morgan fingerprint density at radius 2 is 1.57 bits per heavy atom. The van der Waals surface area contributed by atoms with Crippen LogP contribution in [0.3, 0.4) is 0 Å². The van der Waals surface area contributed by atoms with Crippen LogP contribution < -0.4 is 0 Å². The fourth-order valence-electron chi connectivity index (χ4n) is 2.29. The van der Waals surface area contributed by atoms with Crippen LogP contribution in [0, 0.1) is 0 Å². The summed E-state index contributed by atoms with van der Waals surface area (Å²) in [6.45, 7) is 8.53. The Bertz CT molecular complexity index is 441. The molecule has 0 aliphatic carbocycles. The molecule has 1 atom stereocenters. The standard InChI is InChI=1S/C16H27O4P/c1-5-18-16(4,19-6-2)21(17,20-7-3)14-13-15-11-9-8-10-12-15/h8-12H,5-7,13-14H2,1-4H3. The van der Waals surface area contributed by atoms with Crippen LogP contribution in [0.5, 0.6) is 0 Å². The SMILES string of the molecule is CCOC(C)(OCC)P(=O)(CCc1ccccc1)OCC. The van der Waals surface area contributed by atoms with Gasteiger partial charge in [-0.25, -0.2) is 0 Å². The quantitative estimate of drug-likeness (QED) is 0.477. The fourth-order valence-corrected chi connectivity index (χ4v) is 4.68. The number of hydrogen-bond donors (Lipinski definition) is 0. The zero-order chi connectivity index (χ0) is 15.8. The van der Waals surface area contributed by atoms with Gasteiger partial charge in [-0.15, -0.1) is 0 Å². The van der Waals surface area contributed by atoms with E-state index in [0.717, 1.165) is 5.56 Å². The number of aryl methyl sites for hydroxylation is 1. The molecular weight excluding hydrogens is 287 g/mol. The summed E-state index contributed by atoms with van der Waals surface area (Å²) in [5.74, 6) is 0. The minimum absolute atomic E-state index is 0.377. The van der Waals surface area contributed by atoms with Crippen LogP contribution in [0.25, 0.3) is 0 Å². The van der Waals surface area contributed by atoms with Gasteiger partial charge in [0.05, 0.1) is 6.61 Å². The topological polar surface area (TPSA) is 44.8 Å². The van der Waals surface area contributed by atoms with Crippen LogP contribution in [0.4, 0.5) is 0 Å². The third-order valence-electron chi connectivity index (χ3n) is 3.32. The number of rotatable bonds is 10. The van der Waals surface area contributed by atoms with Crippen molar-refractivity contribution < 1.29 is 18.6 Å². The first kappa shape index (κ1) is 18.4. The van der Waals surface area contributed by atoms with Gasteiger partial charge >= 0.3 is 0 Å². The summed E-state index contributed by atoms with van der Waals surface area (Å²) in [5.41, 5.74) is -0.0471. The van der Waals surface area contributed by atoms with Crippen molar-refractivity contribution in [1.29, 1.82) is 0 Å². The van der Waals surface area contributed by atoms with Crippen molar-refractivity contribution in [1.82, 2.24) is 0 Å². The van der Waals surface area contributed by atoms with Crippen molar-refractivity contribution in [3.8, 4) is 0 Å². The minimum Gasteiger partial charge on any atom is -0.342 e. The highest BCUT2D eigenvalue weighted by molar-refractivity contribution is 7.60. The Morgan fingerprint density at radius 3 is 2.05 bits per heavy atom. The van der Waals surface area contributed by atoms with Gasteiger partial charge in [-0.05, 0) is 39.7 Å². The Morgan fingerprint density at radius 1 is 1.00 bits per heavy atom. The van der Waals surface area contributed by atoms with E-state index in [2.05, 4.69) is 0 Å². The molecule has 0 aliphatic rings. The Hall–Kier alpha value is -0.670. The zero-order valence-corrected chi connectivity index (χ0v) is 14.4. The summed E-state index contributed by atoms with van der Waals surface area (Å²) in [5, 5.41) is 0. The molecule has 1 rings (SSSR count). The van der Waals surface area contributed by atoms with E-state index in [9.17, 15) is 4.57 Å². The second kappa shape index (κ2) is 8.70. The maximum Gasteiger partial charge on any atom is 0.260 e. The second-order valence-electron chi connectivity index (χ2n) is 4.81. The van der Waals surface area contributed by atoms with Crippen LogP contribution in [-0.4, -0.2) is 31.5 Å². The first-order valence-electron chi connectivity index (χ1n) is 7.56. The summed E-state index contributed by atoms with van der Waals surface area (Å²) in [7, 11) is -3.08. The predicted molar refractivity (Wildman–Crippen MR) is 85.9 cm³/mol. The van der Waals surface area contributed by atoms with Gasteiger partial charge in [0.25, 0.3) is 7.37 Å². The van der Waals surface area contributed by atoms with Crippen LogP contribution in [0.1, 0.15) is 33.3 Å². The van der Waals surface area contributed by atoms with Gasteiger partial charge in [0, 0.05) is 19.4 Å². The summed E-state index contributed by atoms with van der Waals surface area (Å²) < 4.78 is 30.3. The summed E-state index contributed by atoms with van der Waals surface area (Å²) in [6, 6.07) is 9.97. The average Bonchev–Trinajstić information content (AvgIpc) is 2.47. The van der Waals surface area contributed by atoms with Crippen molar-refractivity contribution in [2.75, 3.05) is 26.0 Å². The van der Waals surface area contributed by atoms with E-state index in [4.69, 9.17) is 14.0 Å². The Balaban J connectivity index is 2.91. The van der Waals surface area contributed by atoms with Crippen LogP contribution in [0.15, 0.2) is 30.3 Å². The zero-order valence-electron chi connectivity index (χ0n) is 13.5. The maximum atomic E-state index is 13.3. The largest absolute Gasteiger partial charge is 0.342 e. The van der Waals surface area contributed by atoms with E-state index in [-0.39, 0.29) is 0 Å². The van der Waals surface area contributed by atoms with E-state index < -0.39 is 12.9 Å². The second-order valence-corrected chi connectivity index (χ2v) is 7.68. The van der Waals surface area contributed by atoms with Crippen LogP contribution >= 0.6 is 7.37 Å². The maximum absolute atomic E-state index is 13.3. The molecule has 0 saturated carbocycles. The van der Waals surface area contributed by atoms with Gasteiger partial charge in [-0.2, -0.15) is 0 Å². The van der Waals surface area contributed by atoms with E-state index in [1.54, 1.807) is 6.92 Å². The third-order valence-corrected chi connectivity index (χ3v) is 6.30. The molecule has 0 bridgehead atoms. The molecule has 0 fully saturated rings. The molecule has 1 aromatic rings. The summed E-state index contributed by atoms with van der Waals surface area (Å²) in [4.78, 5) is 0. The average molecular weight is 314 g/mol.